The van der Waals surface area contributed by atoms with Crippen LogP contribution in [0.15, 0.2) is 23.1 Å². The molecule has 0 bridgehead atoms. The van der Waals surface area contributed by atoms with E-state index in [9.17, 15) is 9.59 Å². The molecule has 2 N–H and O–H groups in total. The van der Waals surface area contributed by atoms with Crippen molar-refractivity contribution in [3.8, 4) is 0 Å². The lowest BCUT2D eigenvalue weighted by molar-refractivity contribution is 0.260. The van der Waals surface area contributed by atoms with Gasteiger partial charge in [-0.2, -0.15) is 0 Å². The van der Waals surface area contributed by atoms with Gasteiger partial charge in [0.1, 0.15) is 0 Å². The first-order valence-corrected chi connectivity index (χ1v) is 5.58. The summed E-state index contributed by atoms with van der Waals surface area (Å²) in [5.74, 6) is 0. The average molecular weight is 226 g/mol. The molecule has 5 heteroatoms. The Morgan fingerprint density at radius 1 is 1.60 bits per heavy atom. The average Bonchev–Trinajstić information content (AvgIpc) is 2.15. The summed E-state index contributed by atoms with van der Waals surface area (Å²) in [5, 5.41) is 2.82. The van der Waals surface area contributed by atoms with E-state index in [1.165, 1.54) is 11.8 Å². The van der Waals surface area contributed by atoms with E-state index in [4.69, 9.17) is 0 Å². The molecule has 0 saturated heterocycles. The summed E-state index contributed by atoms with van der Waals surface area (Å²) >= 11 is 1.22. The number of amides is 1. The van der Waals surface area contributed by atoms with E-state index in [1.807, 2.05) is 13.8 Å². The first-order chi connectivity index (χ1) is 7.09. The molecule has 1 rings (SSSR count). The normalized spacial score (nSPS) is 10.3. The van der Waals surface area contributed by atoms with Crippen molar-refractivity contribution >= 4 is 17.0 Å². The first kappa shape index (κ1) is 11.8. The molecule has 0 radical (unpaired) electrons. The van der Waals surface area contributed by atoms with Crippen LogP contribution in [0.25, 0.3) is 0 Å². The monoisotopic (exact) mass is 226 g/mol. The summed E-state index contributed by atoms with van der Waals surface area (Å²) < 4.78 is 0. The van der Waals surface area contributed by atoms with E-state index >= 15 is 0 Å². The van der Waals surface area contributed by atoms with Crippen molar-refractivity contribution in [1.29, 1.82) is 0 Å². The molecule has 0 aliphatic rings. The number of hydrogen-bond acceptors (Lipinski definition) is 3. The summed E-state index contributed by atoms with van der Waals surface area (Å²) in [5.41, 5.74) is 0.405. The van der Waals surface area contributed by atoms with E-state index in [0.717, 1.165) is 0 Å². The van der Waals surface area contributed by atoms with Crippen molar-refractivity contribution in [1.82, 2.24) is 10.3 Å². The van der Waals surface area contributed by atoms with E-state index < -0.39 is 0 Å². The summed E-state index contributed by atoms with van der Waals surface area (Å²) in [7, 11) is 0. The number of pyridine rings is 1. The number of aromatic nitrogens is 1. The molecular weight excluding hydrogens is 212 g/mol. The molecular formula is C10H14N2O2S. The fourth-order valence-electron chi connectivity index (χ4n) is 1.02. The van der Waals surface area contributed by atoms with Crippen LogP contribution < -0.4 is 10.9 Å². The van der Waals surface area contributed by atoms with E-state index in [2.05, 4.69) is 10.3 Å². The standard InChI is InChI=1S/C10H14N2O2S/c1-7(2)15-10(14)12-6-8-4-3-5-11-9(8)13/h3-5,7H,6H2,1-2H3,(H,11,13)(H,12,14). The highest BCUT2D eigenvalue weighted by Crippen LogP contribution is 2.09. The largest absolute Gasteiger partial charge is 0.343 e. The van der Waals surface area contributed by atoms with Crippen LogP contribution in [0, 0.1) is 0 Å². The Bertz CT molecular complexity index is 387. The van der Waals surface area contributed by atoms with Crippen LogP contribution in [0.3, 0.4) is 0 Å². The quantitative estimate of drug-likeness (QED) is 0.825. The zero-order valence-corrected chi connectivity index (χ0v) is 9.56. The van der Waals surface area contributed by atoms with Gasteiger partial charge in [-0.15, -0.1) is 0 Å². The number of H-pyrrole nitrogens is 1. The molecule has 0 atom stereocenters. The maximum atomic E-state index is 11.3. The van der Waals surface area contributed by atoms with Gasteiger partial charge in [0.2, 0.25) is 0 Å². The SMILES string of the molecule is CC(C)SC(=O)NCc1ccc[nH]c1=O. The molecule has 0 unspecified atom stereocenters. The number of carbonyl (C=O) groups is 1. The number of rotatable bonds is 3. The van der Waals surface area contributed by atoms with Gasteiger partial charge in [0.05, 0.1) is 0 Å². The van der Waals surface area contributed by atoms with Gasteiger partial charge >= 0.3 is 0 Å². The van der Waals surface area contributed by atoms with Crippen LogP contribution in [-0.4, -0.2) is 15.5 Å². The van der Waals surface area contributed by atoms with Crippen LogP contribution in [0.1, 0.15) is 19.4 Å². The van der Waals surface area contributed by atoms with E-state index in [1.54, 1.807) is 18.3 Å². The predicted octanol–water partition coefficient (Wildman–Crippen LogP) is 1.73. The Morgan fingerprint density at radius 3 is 2.93 bits per heavy atom. The smallest absolute Gasteiger partial charge is 0.279 e. The summed E-state index contributed by atoms with van der Waals surface area (Å²) in [4.78, 5) is 25.1. The topological polar surface area (TPSA) is 62.0 Å². The van der Waals surface area contributed by atoms with Gasteiger partial charge in [-0.1, -0.05) is 31.7 Å². The van der Waals surface area contributed by atoms with E-state index in [0.29, 0.717) is 5.56 Å². The van der Waals surface area contributed by atoms with E-state index in [-0.39, 0.29) is 22.6 Å². The maximum absolute atomic E-state index is 11.3. The highest BCUT2D eigenvalue weighted by atomic mass is 32.2. The van der Waals surface area contributed by atoms with Crippen molar-refractivity contribution in [2.24, 2.45) is 0 Å². The lowest BCUT2D eigenvalue weighted by atomic mass is 10.3. The summed E-state index contributed by atoms with van der Waals surface area (Å²) in [6.07, 6.45) is 1.57. The Labute approximate surface area is 92.5 Å². The molecule has 82 valence electrons. The number of nitrogens with one attached hydrogen (secondary N) is 2. The van der Waals surface area contributed by atoms with Gasteiger partial charge in [0.15, 0.2) is 0 Å². The van der Waals surface area contributed by atoms with Crippen molar-refractivity contribution in [2.45, 2.75) is 25.6 Å². The molecule has 1 amide bonds. The minimum atomic E-state index is -0.160. The highest BCUT2D eigenvalue weighted by molar-refractivity contribution is 8.14. The lowest BCUT2D eigenvalue weighted by Crippen LogP contribution is -2.24. The second-order valence-corrected chi connectivity index (χ2v) is 4.88. The number of thioether (sulfide) groups is 1. The third-order valence-electron chi connectivity index (χ3n) is 1.67. The number of hydrogen-bond donors (Lipinski definition) is 2. The van der Waals surface area contributed by atoms with Crippen molar-refractivity contribution in [3.63, 3.8) is 0 Å². The van der Waals surface area contributed by atoms with Crippen LogP contribution in [0.2, 0.25) is 0 Å². The fourth-order valence-corrected chi connectivity index (χ4v) is 1.60. The maximum Gasteiger partial charge on any atom is 0.279 e. The second-order valence-electron chi connectivity index (χ2n) is 3.33. The third-order valence-corrected chi connectivity index (χ3v) is 2.50. The molecule has 15 heavy (non-hydrogen) atoms. The molecule has 1 aromatic rings. The van der Waals surface area contributed by atoms with Gasteiger partial charge in [0, 0.05) is 23.6 Å². The first-order valence-electron chi connectivity index (χ1n) is 4.70. The zero-order chi connectivity index (χ0) is 11.3. The van der Waals surface area contributed by atoms with Crippen molar-refractivity contribution in [3.05, 3.63) is 34.2 Å². The highest BCUT2D eigenvalue weighted by Gasteiger charge is 2.05. The van der Waals surface area contributed by atoms with Gasteiger partial charge < -0.3 is 10.3 Å². The molecule has 4 nitrogen and oxygen atoms in total. The molecule has 0 aliphatic carbocycles. The molecule has 1 heterocycles. The van der Waals surface area contributed by atoms with Crippen molar-refractivity contribution in [2.75, 3.05) is 0 Å². The third kappa shape index (κ3) is 4.20. The van der Waals surface area contributed by atoms with Gasteiger partial charge in [-0.05, 0) is 6.07 Å². The van der Waals surface area contributed by atoms with Crippen LogP contribution in [0.4, 0.5) is 4.79 Å². The van der Waals surface area contributed by atoms with Crippen LogP contribution >= 0.6 is 11.8 Å². The van der Waals surface area contributed by atoms with Crippen LogP contribution in [0.5, 0.6) is 0 Å². The Hall–Kier alpha value is -1.23. The zero-order valence-electron chi connectivity index (χ0n) is 8.74. The minimum Gasteiger partial charge on any atom is -0.343 e. The number of aromatic amines is 1. The predicted molar refractivity (Wildman–Crippen MR) is 62.0 cm³/mol. The van der Waals surface area contributed by atoms with Gasteiger partial charge in [-0.3, -0.25) is 9.59 Å². The lowest BCUT2D eigenvalue weighted by Gasteiger charge is -2.05. The van der Waals surface area contributed by atoms with Crippen LogP contribution in [-0.2, 0) is 6.54 Å². The van der Waals surface area contributed by atoms with Gasteiger partial charge in [-0.25, -0.2) is 0 Å². The molecule has 1 aromatic heterocycles. The summed E-state index contributed by atoms with van der Waals surface area (Å²) in [6.45, 7) is 4.16. The van der Waals surface area contributed by atoms with Gasteiger partial charge in [0.25, 0.3) is 10.8 Å². The molecule has 0 aliphatic heterocycles. The molecule has 0 fully saturated rings. The fraction of sp³-hybridized carbons (Fsp3) is 0.400. The Balaban J connectivity index is 2.48. The molecule has 0 spiro atoms. The second kappa shape index (κ2) is 5.60. The summed E-state index contributed by atoms with van der Waals surface area (Å²) in [6, 6.07) is 3.43. The minimum absolute atomic E-state index is 0.103. The number of carbonyl (C=O) groups excluding carboxylic acids is 1. The Kier molecular flexibility index (Phi) is 4.42. The van der Waals surface area contributed by atoms with Crippen molar-refractivity contribution < 1.29 is 4.79 Å². The Morgan fingerprint density at radius 2 is 2.33 bits per heavy atom. The molecule has 0 aromatic carbocycles. The molecule has 0 saturated carbocycles.